The predicted molar refractivity (Wildman–Crippen MR) is 349 cm³/mol. The highest BCUT2D eigenvalue weighted by Crippen LogP contribution is 2.47. The third kappa shape index (κ3) is 17.3. The van der Waals surface area contributed by atoms with Crippen LogP contribution in [-0.4, -0.2) is 117 Å². The van der Waals surface area contributed by atoms with Crippen LogP contribution in [0.25, 0.3) is 0 Å². The summed E-state index contributed by atoms with van der Waals surface area (Å²) in [5, 5.41) is 0. The van der Waals surface area contributed by atoms with Gasteiger partial charge in [-0.05, 0) is 155 Å². The van der Waals surface area contributed by atoms with E-state index in [1.54, 1.807) is 18.2 Å². The van der Waals surface area contributed by atoms with E-state index in [2.05, 4.69) is 194 Å². The van der Waals surface area contributed by atoms with E-state index in [1.807, 2.05) is 0 Å². The van der Waals surface area contributed by atoms with E-state index >= 15 is 14.4 Å². The van der Waals surface area contributed by atoms with Gasteiger partial charge in [-0.15, -0.1) is 0 Å². The number of rotatable bonds is 27. The first kappa shape index (κ1) is 68.4. The van der Waals surface area contributed by atoms with Crippen molar-refractivity contribution >= 4 is 28.9 Å². The number of Topliss-reactive ketones (excluding diaryl/α,β-unsaturated/α-hetero) is 5. The summed E-state index contributed by atoms with van der Waals surface area (Å²) >= 11 is 0. The van der Waals surface area contributed by atoms with Gasteiger partial charge in [0.1, 0.15) is 0 Å². The van der Waals surface area contributed by atoms with Crippen LogP contribution in [-0.2, 0) is 9.59 Å². The Kier molecular flexibility index (Phi) is 22.1. The first-order chi connectivity index (χ1) is 38.9. The maximum absolute atomic E-state index is 15.8. The van der Waals surface area contributed by atoms with Crippen molar-refractivity contribution in [1.29, 1.82) is 0 Å². The third-order valence-electron chi connectivity index (χ3n) is 19.9. The van der Waals surface area contributed by atoms with E-state index in [1.165, 1.54) is 0 Å². The van der Waals surface area contributed by atoms with Gasteiger partial charge in [0, 0.05) is 152 Å². The zero-order valence-corrected chi connectivity index (χ0v) is 56.9. The SMILES string of the molecule is CC(C)CN1C=C(C(=O)c2cc(C(=O)C3=CN(CC(C)C)CCC3(C)C)cc(C(=O)C3=CN(CC(C)C)CCC3(C)CCC(C)(C)N3C=C(C(=O)CCCCCCCCC(=O)C4=CN(C(C)(C)C)CCC4(C)C)C(C)(C)CC3)c2)C(C)(C)CC1. The minimum absolute atomic E-state index is 0.00196. The first-order valence-electron chi connectivity index (χ1n) is 33.1. The molecule has 0 radical (unpaired) electrons. The number of hydrogen-bond acceptors (Lipinski definition) is 10. The smallest absolute Gasteiger partial charge is 0.191 e. The molecule has 0 N–H and O–H groups in total. The average Bonchev–Trinajstić information content (AvgIpc) is 3.23. The molecule has 5 aliphatic rings. The zero-order chi connectivity index (χ0) is 62.5. The Morgan fingerprint density at radius 1 is 0.417 bits per heavy atom. The molecule has 1 atom stereocenters. The van der Waals surface area contributed by atoms with Crippen LogP contribution in [0, 0.1) is 44.8 Å². The molecule has 84 heavy (non-hydrogen) atoms. The van der Waals surface area contributed by atoms with Crippen LogP contribution in [0.5, 0.6) is 0 Å². The van der Waals surface area contributed by atoms with E-state index < -0.39 is 16.2 Å². The molecule has 0 spiro atoms. The third-order valence-corrected chi connectivity index (χ3v) is 19.9. The van der Waals surface area contributed by atoms with Gasteiger partial charge in [-0.2, -0.15) is 0 Å². The highest BCUT2D eigenvalue weighted by Gasteiger charge is 2.43. The second-order valence-electron chi connectivity index (χ2n) is 32.4. The molecule has 6 rings (SSSR count). The van der Waals surface area contributed by atoms with Crippen LogP contribution in [0.1, 0.15) is 266 Å². The molecule has 10 nitrogen and oxygen atoms in total. The van der Waals surface area contributed by atoms with Gasteiger partial charge in [-0.25, -0.2) is 0 Å². The molecule has 0 bridgehead atoms. The van der Waals surface area contributed by atoms with Crippen molar-refractivity contribution in [3.05, 3.63) is 93.8 Å². The summed E-state index contributed by atoms with van der Waals surface area (Å²) < 4.78 is 0. The Morgan fingerprint density at radius 3 is 1.13 bits per heavy atom. The lowest BCUT2D eigenvalue weighted by Gasteiger charge is -2.47. The van der Waals surface area contributed by atoms with Gasteiger partial charge in [0.2, 0.25) is 0 Å². The van der Waals surface area contributed by atoms with Gasteiger partial charge in [0.15, 0.2) is 28.9 Å². The van der Waals surface area contributed by atoms with Gasteiger partial charge < -0.3 is 24.5 Å². The summed E-state index contributed by atoms with van der Waals surface area (Å²) in [6.45, 7) is 50.9. The molecule has 0 fully saturated rings. The number of allylic oxidation sites excluding steroid dienone is 5. The molecule has 5 heterocycles. The van der Waals surface area contributed by atoms with Crippen LogP contribution in [0.15, 0.2) is 77.1 Å². The highest BCUT2D eigenvalue weighted by atomic mass is 16.1. The number of ketones is 5. The molecule has 0 saturated heterocycles. The molecule has 468 valence electrons. The lowest BCUT2D eigenvalue weighted by atomic mass is 9.69. The fourth-order valence-corrected chi connectivity index (χ4v) is 13.6. The lowest BCUT2D eigenvalue weighted by molar-refractivity contribution is -0.118. The van der Waals surface area contributed by atoms with Crippen molar-refractivity contribution in [2.75, 3.05) is 52.4 Å². The standard InChI is InChI=1S/C74H117N5O5/c1-52(2)44-75-36-31-71(14,15)60(47-75)65(82)55-41-56(66(83)61-48-76(45-53(3)4)37-32-72(61,16)17)43-57(42-55)67(84)62-49-77(46-54(5)6)38-35-74(62,20)30-29-73(18,19)79-40-34-70(12,13)59(51-79)64(81)28-26-24-22-21-23-25-27-63(80)58-50-78(68(7,8)9)39-33-69(58,10)11/h41-43,47-54H,21-40,44-46H2,1-20H3. The van der Waals surface area contributed by atoms with E-state index in [4.69, 9.17) is 0 Å². The number of hydrogen-bond donors (Lipinski definition) is 0. The molecule has 10 heteroatoms. The number of nitrogens with zero attached hydrogens (tertiary/aromatic N) is 5. The molecule has 5 aliphatic heterocycles. The van der Waals surface area contributed by atoms with Crippen LogP contribution >= 0.6 is 0 Å². The first-order valence-corrected chi connectivity index (χ1v) is 33.1. The molecular formula is C74H117N5O5. The summed E-state index contributed by atoms with van der Waals surface area (Å²) in [5.41, 5.74) is 3.25. The van der Waals surface area contributed by atoms with Gasteiger partial charge >= 0.3 is 0 Å². The Labute approximate surface area is 511 Å². The van der Waals surface area contributed by atoms with Gasteiger partial charge in [0.05, 0.1) is 0 Å². The van der Waals surface area contributed by atoms with Crippen molar-refractivity contribution in [2.24, 2.45) is 44.8 Å². The van der Waals surface area contributed by atoms with Crippen molar-refractivity contribution in [2.45, 2.75) is 246 Å². The Bertz CT molecular complexity index is 2640. The van der Waals surface area contributed by atoms with Crippen molar-refractivity contribution in [3.63, 3.8) is 0 Å². The Morgan fingerprint density at radius 2 is 0.738 bits per heavy atom. The quantitative estimate of drug-likeness (QED) is 0.0625. The van der Waals surface area contributed by atoms with Gasteiger partial charge in [-0.3, -0.25) is 24.0 Å². The second kappa shape index (κ2) is 27.1. The van der Waals surface area contributed by atoms with Gasteiger partial charge in [0.25, 0.3) is 0 Å². The predicted octanol–water partition coefficient (Wildman–Crippen LogP) is 16.9. The molecule has 0 aromatic heterocycles. The maximum Gasteiger partial charge on any atom is 0.191 e. The fourth-order valence-electron chi connectivity index (χ4n) is 13.6. The molecule has 0 saturated carbocycles. The summed E-state index contributed by atoms with van der Waals surface area (Å²) in [5.74, 6) is 1.38. The minimum Gasteiger partial charge on any atom is -0.377 e. The van der Waals surface area contributed by atoms with E-state index in [-0.39, 0.29) is 45.0 Å². The summed E-state index contributed by atoms with van der Waals surface area (Å²) in [6, 6.07) is 5.36. The van der Waals surface area contributed by atoms with Crippen LogP contribution in [0.3, 0.4) is 0 Å². The number of benzene rings is 1. The maximum atomic E-state index is 15.8. The van der Waals surface area contributed by atoms with E-state index in [9.17, 15) is 9.59 Å². The fraction of sp³-hybridized carbons (Fsp3) is 0.716. The number of carbonyl (C=O) groups excluding carboxylic acids is 5. The molecule has 1 unspecified atom stereocenters. The minimum atomic E-state index is -0.507. The zero-order valence-electron chi connectivity index (χ0n) is 56.9. The Hall–Kier alpha value is -4.73. The van der Waals surface area contributed by atoms with Gasteiger partial charge in [-0.1, -0.05) is 130 Å². The molecule has 0 aliphatic carbocycles. The summed E-state index contributed by atoms with van der Waals surface area (Å²) in [6.07, 6.45) is 23.4. The highest BCUT2D eigenvalue weighted by molar-refractivity contribution is 6.17. The lowest BCUT2D eigenvalue weighted by Crippen LogP contribution is -2.47. The largest absolute Gasteiger partial charge is 0.377 e. The van der Waals surface area contributed by atoms with Crippen LogP contribution in [0.2, 0.25) is 0 Å². The van der Waals surface area contributed by atoms with E-state index in [0.29, 0.717) is 64.2 Å². The van der Waals surface area contributed by atoms with Crippen LogP contribution in [0.4, 0.5) is 0 Å². The molecule has 1 aromatic rings. The van der Waals surface area contributed by atoms with Crippen molar-refractivity contribution in [3.8, 4) is 0 Å². The Balaban J connectivity index is 1.21. The average molecular weight is 1160 g/mol. The molecular weight excluding hydrogens is 1040 g/mol. The summed E-state index contributed by atoms with van der Waals surface area (Å²) in [7, 11) is 0. The van der Waals surface area contributed by atoms with E-state index in [0.717, 1.165) is 153 Å². The number of carbonyl (C=O) groups is 5. The number of unbranched alkanes of at least 4 members (excludes halogenated alkanes) is 5. The van der Waals surface area contributed by atoms with Crippen molar-refractivity contribution in [1.82, 2.24) is 24.5 Å². The van der Waals surface area contributed by atoms with Crippen LogP contribution < -0.4 is 0 Å². The topological polar surface area (TPSA) is 102 Å². The molecule has 0 amide bonds. The van der Waals surface area contributed by atoms with Crippen molar-refractivity contribution < 1.29 is 24.0 Å². The second-order valence-corrected chi connectivity index (χ2v) is 32.4. The summed E-state index contributed by atoms with van der Waals surface area (Å²) in [4.78, 5) is 85.5. The monoisotopic (exact) mass is 1160 g/mol. The molecule has 1 aromatic carbocycles. The normalized spacial score (nSPS) is 21.8.